The van der Waals surface area contributed by atoms with Gasteiger partial charge in [-0.1, -0.05) is 13.8 Å². The fraction of sp³-hybridized carbons (Fsp3) is 1.00. The SMILES string of the molecule is CC(C)CC1CNCCN1CCCOCC(F)(F)F. The number of halogens is 3. The van der Waals surface area contributed by atoms with Crippen LogP contribution in [0.5, 0.6) is 0 Å². The lowest BCUT2D eigenvalue weighted by Crippen LogP contribution is -2.52. The lowest BCUT2D eigenvalue weighted by Gasteiger charge is -2.37. The normalized spacial score (nSPS) is 22.1. The maximum atomic E-state index is 11.9. The number of alkyl halides is 3. The van der Waals surface area contributed by atoms with Crippen molar-refractivity contribution < 1.29 is 17.9 Å². The summed E-state index contributed by atoms with van der Waals surface area (Å²) in [6.07, 6.45) is -2.43. The van der Waals surface area contributed by atoms with Crippen LogP contribution >= 0.6 is 0 Å². The van der Waals surface area contributed by atoms with Gasteiger partial charge in [0.1, 0.15) is 6.61 Å². The number of rotatable bonds is 7. The van der Waals surface area contributed by atoms with Gasteiger partial charge in [0.05, 0.1) is 0 Å². The average Bonchev–Trinajstić information content (AvgIpc) is 2.28. The van der Waals surface area contributed by atoms with Crippen molar-refractivity contribution in [3.63, 3.8) is 0 Å². The van der Waals surface area contributed by atoms with Gasteiger partial charge in [-0.15, -0.1) is 0 Å². The molecule has 1 unspecified atom stereocenters. The lowest BCUT2D eigenvalue weighted by molar-refractivity contribution is -0.174. The maximum Gasteiger partial charge on any atom is 0.411 e. The maximum absolute atomic E-state index is 11.9. The highest BCUT2D eigenvalue weighted by atomic mass is 19.4. The van der Waals surface area contributed by atoms with E-state index in [9.17, 15) is 13.2 Å². The summed E-state index contributed by atoms with van der Waals surface area (Å²) in [6, 6.07) is 0.497. The van der Waals surface area contributed by atoms with Gasteiger partial charge in [0, 0.05) is 38.8 Å². The quantitative estimate of drug-likeness (QED) is 0.725. The van der Waals surface area contributed by atoms with Crippen LogP contribution in [0.15, 0.2) is 0 Å². The molecule has 1 fully saturated rings. The first-order chi connectivity index (χ1) is 8.88. The number of nitrogens with one attached hydrogen (secondary N) is 1. The summed E-state index contributed by atoms with van der Waals surface area (Å²) in [4.78, 5) is 2.37. The second-order valence-corrected chi connectivity index (χ2v) is 5.54. The van der Waals surface area contributed by atoms with E-state index in [-0.39, 0.29) is 6.61 Å². The van der Waals surface area contributed by atoms with Crippen LogP contribution in [0.3, 0.4) is 0 Å². The molecule has 0 saturated carbocycles. The Labute approximate surface area is 113 Å². The molecule has 19 heavy (non-hydrogen) atoms. The molecule has 114 valence electrons. The molecular weight excluding hydrogens is 257 g/mol. The largest absolute Gasteiger partial charge is 0.411 e. The van der Waals surface area contributed by atoms with Crippen molar-refractivity contribution in [3.8, 4) is 0 Å². The van der Waals surface area contributed by atoms with Crippen LogP contribution in [0.4, 0.5) is 13.2 Å². The Hall–Kier alpha value is -0.330. The van der Waals surface area contributed by atoms with Crippen molar-refractivity contribution in [1.29, 1.82) is 0 Å². The topological polar surface area (TPSA) is 24.5 Å². The molecule has 3 nitrogen and oxygen atoms in total. The Balaban J connectivity index is 2.18. The van der Waals surface area contributed by atoms with E-state index in [0.717, 1.165) is 32.6 Å². The predicted octanol–water partition coefficient (Wildman–Crippen LogP) is 2.28. The van der Waals surface area contributed by atoms with E-state index in [1.165, 1.54) is 0 Å². The van der Waals surface area contributed by atoms with Gasteiger partial charge in [-0.25, -0.2) is 0 Å². The Kier molecular flexibility index (Phi) is 7.10. The van der Waals surface area contributed by atoms with Crippen LogP contribution in [-0.4, -0.2) is 56.5 Å². The van der Waals surface area contributed by atoms with Crippen LogP contribution in [-0.2, 0) is 4.74 Å². The van der Waals surface area contributed by atoms with E-state index in [1.807, 2.05) is 0 Å². The summed E-state index contributed by atoms with van der Waals surface area (Å²) >= 11 is 0. The minimum atomic E-state index is -4.21. The van der Waals surface area contributed by atoms with Gasteiger partial charge in [-0.2, -0.15) is 13.2 Å². The summed E-state index contributed by atoms with van der Waals surface area (Å²) in [5, 5.41) is 3.37. The smallest absolute Gasteiger partial charge is 0.372 e. The van der Waals surface area contributed by atoms with Gasteiger partial charge in [-0.05, 0) is 18.8 Å². The van der Waals surface area contributed by atoms with E-state index in [2.05, 4.69) is 28.8 Å². The summed E-state index contributed by atoms with van der Waals surface area (Å²) in [5.41, 5.74) is 0. The average molecular weight is 282 g/mol. The number of piperazine rings is 1. The van der Waals surface area contributed by atoms with Gasteiger partial charge in [0.15, 0.2) is 0 Å². The van der Waals surface area contributed by atoms with Crippen molar-refractivity contribution in [2.75, 3.05) is 39.4 Å². The number of nitrogens with zero attached hydrogens (tertiary/aromatic N) is 1. The van der Waals surface area contributed by atoms with E-state index in [0.29, 0.717) is 18.4 Å². The van der Waals surface area contributed by atoms with Crippen LogP contribution in [0, 0.1) is 5.92 Å². The predicted molar refractivity (Wildman–Crippen MR) is 69.2 cm³/mol. The number of hydrogen-bond donors (Lipinski definition) is 1. The first-order valence-corrected chi connectivity index (χ1v) is 6.98. The molecule has 1 aliphatic heterocycles. The first-order valence-electron chi connectivity index (χ1n) is 6.98. The second-order valence-electron chi connectivity index (χ2n) is 5.54. The standard InChI is InChI=1S/C13H25F3N2O/c1-11(2)8-12-9-17-4-6-18(12)5-3-7-19-10-13(14,15)16/h11-12,17H,3-10H2,1-2H3. The molecule has 1 saturated heterocycles. The molecule has 1 aliphatic rings. The van der Waals surface area contributed by atoms with Crippen molar-refractivity contribution in [1.82, 2.24) is 10.2 Å². The van der Waals surface area contributed by atoms with E-state index >= 15 is 0 Å². The third-order valence-corrected chi connectivity index (χ3v) is 3.22. The minimum Gasteiger partial charge on any atom is -0.372 e. The Morgan fingerprint density at radius 2 is 2.11 bits per heavy atom. The molecule has 0 radical (unpaired) electrons. The van der Waals surface area contributed by atoms with Gasteiger partial charge in [-0.3, -0.25) is 4.90 Å². The molecule has 0 aromatic heterocycles. The van der Waals surface area contributed by atoms with Crippen LogP contribution < -0.4 is 5.32 Å². The highest BCUT2D eigenvalue weighted by molar-refractivity contribution is 4.80. The fourth-order valence-electron chi connectivity index (χ4n) is 2.43. The second kappa shape index (κ2) is 8.07. The molecule has 0 aromatic rings. The Morgan fingerprint density at radius 1 is 1.37 bits per heavy atom. The molecular formula is C13H25F3N2O. The molecule has 0 aromatic carbocycles. The van der Waals surface area contributed by atoms with Crippen LogP contribution in [0.2, 0.25) is 0 Å². The molecule has 0 bridgehead atoms. The van der Waals surface area contributed by atoms with Gasteiger partial charge in [0.2, 0.25) is 0 Å². The van der Waals surface area contributed by atoms with Crippen molar-refractivity contribution >= 4 is 0 Å². The highest BCUT2D eigenvalue weighted by Gasteiger charge is 2.27. The van der Waals surface area contributed by atoms with Crippen molar-refractivity contribution in [2.24, 2.45) is 5.92 Å². The van der Waals surface area contributed by atoms with E-state index in [4.69, 9.17) is 0 Å². The fourth-order valence-corrected chi connectivity index (χ4v) is 2.43. The third kappa shape index (κ3) is 7.74. The molecule has 1 rings (SSSR count). The third-order valence-electron chi connectivity index (χ3n) is 3.22. The van der Waals surface area contributed by atoms with E-state index < -0.39 is 12.8 Å². The zero-order valence-corrected chi connectivity index (χ0v) is 11.8. The van der Waals surface area contributed by atoms with Crippen molar-refractivity contribution in [2.45, 2.75) is 38.9 Å². The molecule has 1 heterocycles. The monoisotopic (exact) mass is 282 g/mol. The molecule has 0 amide bonds. The molecule has 6 heteroatoms. The van der Waals surface area contributed by atoms with Gasteiger partial charge >= 0.3 is 6.18 Å². The molecule has 1 N–H and O–H groups in total. The zero-order valence-electron chi connectivity index (χ0n) is 11.8. The minimum absolute atomic E-state index is 0.178. The van der Waals surface area contributed by atoms with Gasteiger partial charge < -0.3 is 10.1 Å². The lowest BCUT2D eigenvalue weighted by atomic mass is 10.0. The summed E-state index contributed by atoms with van der Waals surface area (Å²) < 4.78 is 40.3. The van der Waals surface area contributed by atoms with Gasteiger partial charge in [0.25, 0.3) is 0 Å². The number of hydrogen-bond acceptors (Lipinski definition) is 3. The first kappa shape index (κ1) is 16.7. The number of ether oxygens (including phenoxy) is 1. The molecule has 0 spiro atoms. The van der Waals surface area contributed by atoms with Crippen LogP contribution in [0.1, 0.15) is 26.7 Å². The Bertz CT molecular complexity index is 247. The summed E-state index contributed by atoms with van der Waals surface area (Å²) in [5.74, 6) is 0.633. The van der Waals surface area contributed by atoms with Crippen LogP contribution in [0.25, 0.3) is 0 Å². The van der Waals surface area contributed by atoms with Crippen molar-refractivity contribution in [3.05, 3.63) is 0 Å². The summed E-state index contributed by atoms with van der Waals surface area (Å²) in [6.45, 7) is 7.15. The Morgan fingerprint density at radius 3 is 2.74 bits per heavy atom. The summed E-state index contributed by atoms with van der Waals surface area (Å²) in [7, 11) is 0. The van der Waals surface area contributed by atoms with E-state index in [1.54, 1.807) is 0 Å². The highest BCUT2D eigenvalue weighted by Crippen LogP contribution is 2.15. The molecule has 1 atom stereocenters. The molecule has 0 aliphatic carbocycles. The zero-order chi connectivity index (χ0) is 14.3.